The topological polar surface area (TPSA) is 79.0 Å². The first-order chi connectivity index (χ1) is 10.3. The number of H-pyrrole nitrogens is 1. The second-order valence-corrected chi connectivity index (χ2v) is 7.10. The van der Waals surface area contributed by atoms with E-state index in [-0.39, 0.29) is 9.77 Å². The number of hydrogen-bond acceptors (Lipinski definition) is 4. The number of nitrogens with one attached hydrogen (secondary N) is 2. The van der Waals surface area contributed by atoms with E-state index in [1.165, 1.54) is 18.2 Å². The van der Waals surface area contributed by atoms with Gasteiger partial charge >= 0.3 is 4.87 Å². The number of fused-ring (bicyclic) bond motifs is 1. The van der Waals surface area contributed by atoms with E-state index in [0.717, 1.165) is 29.5 Å². The molecule has 0 saturated heterocycles. The Morgan fingerprint density at radius 1 is 1.09 bits per heavy atom. The third-order valence-corrected chi connectivity index (χ3v) is 5.08. The molecule has 0 aliphatic rings. The largest absolute Gasteiger partial charge is 0.312 e. The number of aromatic nitrogens is 1. The fraction of sp³-hybridized carbons (Fsp3) is 0. The van der Waals surface area contributed by atoms with Crippen LogP contribution in [0.4, 0.5) is 14.5 Å². The van der Waals surface area contributed by atoms with E-state index in [0.29, 0.717) is 10.2 Å². The summed E-state index contributed by atoms with van der Waals surface area (Å²) < 4.78 is 53.5. The van der Waals surface area contributed by atoms with Crippen LogP contribution in [0.2, 0.25) is 0 Å². The van der Waals surface area contributed by atoms with E-state index in [1.807, 2.05) is 4.72 Å². The molecule has 1 heterocycles. The number of thiazole rings is 1. The van der Waals surface area contributed by atoms with Crippen LogP contribution < -0.4 is 9.60 Å². The van der Waals surface area contributed by atoms with Crippen molar-refractivity contribution >= 4 is 37.3 Å². The number of aromatic amines is 1. The molecule has 0 saturated carbocycles. The van der Waals surface area contributed by atoms with Gasteiger partial charge in [0, 0.05) is 6.07 Å². The van der Waals surface area contributed by atoms with Gasteiger partial charge in [0.2, 0.25) is 0 Å². The Bertz CT molecular complexity index is 1030. The summed E-state index contributed by atoms with van der Waals surface area (Å²) in [5, 5.41) is 0. The van der Waals surface area contributed by atoms with Crippen molar-refractivity contribution in [3.63, 3.8) is 0 Å². The van der Waals surface area contributed by atoms with Crippen LogP contribution >= 0.6 is 11.3 Å². The van der Waals surface area contributed by atoms with E-state index in [2.05, 4.69) is 4.98 Å². The van der Waals surface area contributed by atoms with Crippen molar-refractivity contribution in [1.82, 2.24) is 4.98 Å². The number of sulfonamides is 1. The van der Waals surface area contributed by atoms with Crippen LogP contribution in [0.5, 0.6) is 0 Å². The zero-order valence-corrected chi connectivity index (χ0v) is 12.4. The minimum atomic E-state index is -4.10. The van der Waals surface area contributed by atoms with Gasteiger partial charge in [-0.2, -0.15) is 0 Å². The molecule has 0 amide bonds. The predicted molar refractivity (Wildman–Crippen MR) is 79.6 cm³/mol. The molecule has 0 spiro atoms. The van der Waals surface area contributed by atoms with Crippen molar-refractivity contribution < 1.29 is 17.2 Å². The normalized spacial score (nSPS) is 11.7. The molecule has 3 rings (SSSR count). The zero-order valence-electron chi connectivity index (χ0n) is 10.8. The van der Waals surface area contributed by atoms with Crippen LogP contribution in [0.3, 0.4) is 0 Å². The minimum Gasteiger partial charge on any atom is -0.312 e. The molecular formula is C13H8F2N2O3S2. The van der Waals surface area contributed by atoms with Crippen molar-refractivity contribution in [3.8, 4) is 0 Å². The highest BCUT2D eigenvalue weighted by molar-refractivity contribution is 7.92. The van der Waals surface area contributed by atoms with Gasteiger partial charge in [0.05, 0.1) is 20.8 Å². The van der Waals surface area contributed by atoms with Gasteiger partial charge in [-0.25, -0.2) is 17.2 Å². The maximum Gasteiger partial charge on any atom is 0.305 e. The van der Waals surface area contributed by atoms with E-state index >= 15 is 0 Å². The monoisotopic (exact) mass is 342 g/mol. The lowest BCUT2D eigenvalue weighted by Gasteiger charge is -2.09. The fourth-order valence-corrected chi connectivity index (χ4v) is 3.81. The Morgan fingerprint density at radius 3 is 2.64 bits per heavy atom. The molecule has 1 aromatic heterocycles. The van der Waals surface area contributed by atoms with E-state index in [9.17, 15) is 22.0 Å². The van der Waals surface area contributed by atoms with Crippen LogP contribution in [0, 0.1) is 11.6 Å². The Balaban J connectivity index is 2.03. The van der Waals surface area contributed by atoms with Gasteiger partial charge in [0.25, 0.3) is 10.0 Å². The Labute approximate surface area is 127 Å². The predicted octanol–water partition coefficient (Wildman–Crippen LogP) is 2.67. The van der Waals surface area contributed by atoms with Crippen molar-refractivity contribution in [2.75, 3.05) is 4.72 Å². The highest BCUT2D eigenvalue weighted by Gasteiger charge is 2.18. The maximum absolute atomic E-state index is 13.5. The molecule has 0 radical (unpaired) electrons. The zero-order chi connectivity index (χ0) is 15.9. The summed E-state index contributed by atoms with van der Waals surface area (Å²) in [6.07, 6.45) is 0. The third-order valence-electron chi connectivity index (χ3n) is 2.88. The average Bonchev–Trinajstić information content (AvgIpc) is 2.81. The lowest BCUT2D eigenvalue weighted by atomic mass is 10.3. The van der Waals surface area contributed by atoms with Crippen LogP contribution in [0.25, 0.3) is 10.2 Å². The van der Waals surface area contributed by atoms with Gasteiger partial charge in [-0.3, -0.25) is 9.52 Å². The van der Waals surface area contributed by atoms with Crippen LogP contribution in [0.15, 0.2) is 46.1 Å². The molecule has 2 aromatic carbocycles. The molecular weight excluding hydrogens is 334 g/mol. The summed E-state index contributed by atoms with van der Waals surface area (Å²) in [5.74, 6) is -1.66. The second-order valence-electron chi connectivity index (χ2n) is 4.40. The number of halogens is 2. The number of rotatable bonds is 3. The number of benzene rings is 2. The fourth-order valence-electron chi connectivity index (χ4n) is 1.87. The van der Waals surface area contributed by atoms with Crippen molar-refractivity contribution in [1.29, 1.82) is 0 Å². The minimum absolute atomic E-state index is 0.154. The van der Waals surface area contributed by atoms with Gasteiger partial charge in [-0.05, 0) is 30.3 Å². The standard InChI is InChI=1S/C13H8F2N2O3S2/c14-7-1-3-9(15)11(5-7)17-22(19,20)8-2-4-10-12(6-8)21-13(18)16-10/h1-6,17H,(H,16,18). The molecule has 22 heavy (non-hydrogen) atoms. The molecule has 114 valence electrons. The smallest absolute Gasteiger partial charge is 0.305 e. The van der Waals surface area contributed by atoms with Gasteiger partial charge in [0.15, 0.2) is 0 Å². The van der Waals surface area contributed by atoms with Gasteiger partial charge in [-0.1, -0.05) is 11.3 Å². The molecule has 0 atom stereocenters. The molecule has 0 aliphatic heterocycles. The van der Waals surface area contributed by atoms with Crippen molar-refractivity contribution in [3.05, 3.63) is 57.7 Å². The molecule has 0 fully saturated rings. The van der Waals surface area contributed by atoms with Crippen LogP contribution in [-0.2, 0) is 10.0 Å². The quantitative estimate of drug-likeness (QED) is 0.768. The highest BCUT2D eigenvalue weighted by Crippen LogP contribution is 2.23. The summed E-state index contributed by atoms with van der Waals surface area (Å²) in [7, 11) is -4.10. The van der Waals surface area contributed by atoms with Gasteiger partial charge in [0.1, 0.15) is 11.6 Å². The van der Waals surface area contributed by atoms with Gasteiger partial charge in [-0.15, -0.1) is 0 Å². The number of hydrogen-bond donors (Lipinski definition) is 2. The van der Waals surface area contributed by atoms with Crippen LogP contribution in [0.1, 0.15) is 0 Å². The van der Waals surface area contributed by atoms with E-state index < -0.39 is 27.3 Å². The van der Waals surface area contributed by atoms with E-state index in [4.69, 9.17) is 0 Å². The van der Waals surface area contributed by atoms with Gasteiger partial charge < -0.3 is 4.98 Å². The Morgan fingerprint density at radius 2 is 1.86 bits per heavy atom. The molecule has 0 bridgehead atoms. The first kappa shape index (κ1) is 14.7. The lowest BCUT2D eigenvalue weighted by Crippen LogP contribution is -2.14. The Kier molecular flexibility index (Phi) is 3.45. The van der Waals surface area contributed by atoms with Crippen molar-refractivity contribution in [2.24, 2.45) is 0 Å². The maximum atomic E-state index is 13.5. The molecule has 0 unspecified atom stereocenters. The summed E-state index contributed by atoms with van der Waals surface area (Å²) >= 11 is 0.857. The SMILES string of the molecule is O=c1[nH]c2ccc(S(=O)(=O)Nc3cc(F)ccc3F)cc2s1. The number of anilines is 1. The summed E-state index contributed by atoms with van der Waals surface area (Å²) in [4.78, 5) is 13.3. The first-order valence-electron chi connectivity index (χ1n) is 5.96. The van der Waals surface area contributed by atoms with Crippen molar-refractivity contribution in [2.45, 2.75) is 4.90 Å². The average molecular weight is 342 g/mol. The van der Waals surface area contributed by atoms with E-state index in [1.54, 1.807) is 0 Å². The van der Waals surface area contributed by atoms with Crippen LogP contribution in [-0.4, -0.2) is 13.4 Å². The molecule has 2 N–H and O–H groups in total. The highest BCUT2D eigenvalue weighted by atomic mass is 32.2. The molecule has 3 aromatic rings. The summed E-state index contributed by atoms with van der Waals surface area (Å²) in [6, 6.07) is 6.45. The Hall–Kier alpha value is -2.26. The summed E-state index contributed by atoms with van der Waals surface area (Å²) in [5.41, 5.74) is 0.0215. The summed E-state index contributed by atoms with van der Waals surface area (Å²) in [6.45, 7) is 0. The molecule has 5 nitrogen and oxygen atoms in total. The molecule has 0 aliphatic carbocycles. The first-order valence-corrected chi connectivity index (χ1v) is 8.26. The third kappa shape index (κ3) is 2.72. The molecule has 9 heteroatoms. The second kappa shape index (κ2) is 5.18. The lowest BCUT2D eigenvalue weighted by molar-refractivity contribution is 0.594.